The van der Waals surface area contributed by atoms with Gasteiger partial charge in [-0.3, -0.25) is 9.59 Å². The number of aliphatic carboxylic acids is 1. The number of hydrogen-bond acceptors (Lipinski definition) is 4. The van der Waals surface area contributed by atoms with Crippen LogP contribution in [0.15, 0.2) is 48.5 Å². The summed E-state index contributed by atoms with van der Waals surface area (Å²) >= 11 is 0. The quantitative estimate of drug-likeness (QED) is 0.353. The number of ether oxygens (including phenoxy) is 1. The molecule has 5 N–H and O–H groups in total. The number of nitrogens with zero attached hydrogens (tertiary/aromatic N) is 1. The molecule has 1 saturated carbocycles. The van der Waals surface area contributed by atoms with Crippen molar-refractivity contribution in [3.05, 3.63) is 59.7 Å². The van der Waals surface area contributed by atoms with Crippen LogP contribution >= 0.6 is 0 Å². The summed E-state index contributed by atoms with van der Waals surface area (Å²) in [4.78, 5) is 38.0. The van der Waals surface area contributed by atoms with E-state index in [0.717, 1.165) is 30.5 Å². The number of halogens is 3. The third kappa shape index (κ3) is 9.44. The summed E-state index contributed by atoms with van der Waals surface area (Å²) in [5.74, 6) is -1.61. The second-order valence-electron chi connectivity index (χ2n) is 10.5. The highest BCUT2D eigenvalue weighted by atomic mass is 19.4. The van der Waals surface area contributed by atoms with E-state index in [2.05, 4.69) is 15.4 Å². The summed E-state index contributed by atoms with van der Waals surface area (Å²) in [5.41, 5.74) is 0.830. The van der Waals surface area contributed by atoms with Crippen molar-refractivity contribution in [3.63, 3.8) is 0 Å². The number of carboxylic acid groups (broad SMARTS) is 1. The molecule has 2 aromatic carbocycles. The van der Waals surface area contributed by atoms with E-state index in [1.807, 2.05) is 13.8 Å². The molecule has 1 aliphatic carbocycles. The van der Waals surface area contributed by atoms with Crippen molar-refractivity contribution in [1.82, 2.24) is 10.2 Å². The van der Waals surface area contributed by atoms with Crippen LogP contribution in [-0.2, 0) is 11.3 Å². The van der Waals surface area contributed by atoms with E-state index >= 15 is 0 Å². The smallest absolute Gasteiger partial charge is 0.481 e. The van der Waals surface area contributed by atoms with Crippen LogP contribution in [0, 0.1) is 5.92 Å². The predicted molar refractivity (Wildman–Crippen MR) is 142 cm³/mol. The lowest BCUT2D eigenvalue weighted by atomic mass is 9.77. The van der Waals surface area contributed by atoms with Gasteiger partial charge in [0.15, 0.2) is 5.60 Å². The van der Waals surface area contributed by atoms with Gasteiger partial charge in [0.25, 0.3) is 5.91 Å². The molecule has 3 rings (SSSR count). The van der Waals surface area contributed by atoms with Crippen LogP contribution in [0.3, 0.4) is 0 Å². The van der Waals surface area contributed by atoms with Gasteiger partial charge in [-0.15, -0.1) is 13.2 Å². The molecule has 0 atom stereocenters. The van der Waals surface area contributed by atoms with Crippen molar-refractivity contribution in [1.29, 1.82) is 0 Å². The second-order valence-corrected chi connectivity index (χ2v) is 10.5. The molecule has 3 amide bonds. The SMILES string of the molecule is CC(C)([OH2+])C1CCC(N(Cc2ccc(C(=O)NCCC(=O)O)cc2)C(=O)Nc2ccc(OC(F)(F)F)cc2)CC1. The molecule has 0 radical (unpaired) electrons. The van der Waals surface area contributed by atoms with E-state index in [9.17, 15) is 27.6 Å². The van der Waals surface area contributed by atoms with Crippen molar-refractivity contribution in [3.8, 4) is 5.75 Å². The average molecular weight is 567 g/mol. The Morgan fingerprint density at radius 2 is 1.60 bits per heavy atom. The van der Waals surface area contributed by atoms with Crippen molar-refractivity contribution in [2.45, 2.75) is 70.5 Å². The van der Waals surface area contributed by atoms with Crippen LogP contribution in [0.1, 0.15) is 61.9 Å². The minimum atomic E-state index is -4.82. The lowest BCUT2D eigenvalue weighted by Gasteiger charge is -2.39. The first-order chi connectivity index (χ1) is 18.7. The van der Waals surface area contributed by atoms with Gasteiger partial charge >= 0.3 is 18.4 Å². The first kappa shape index (κ1) is 30.7. The molecule has 0 spiro atoms. The van der Waals surface area contributed by atoms with Crippen molar-refractivity contribution in [2.24, 2.45) is 5.92 Å². The third-order valence-corrected chi connectivity index (χ3v) is 6.95. The zero-order chi connectivity index (χ0) is 29.5. The normalized spacial score (nSPS) is 17.6. The van der Waals surface area contributed by atoms with E-state index in [0.29, 0.717) is 24.1 Å². The maximum Gasteiger partial charge on any atom is 0.573 e. The van der Waals surface area contributed by atoms with Crippen molar-refractivity contribution >= 4 is 23.6 Å². The first-order valence-corrected chi connectivity index (χ1v) is 13.0. The fourth-order valence-corrected chi connectivity index (χ4v) is 4.75. The first-order valence-electron chi connectivity index (χ1n) is 13.0. The largest absolute Gasteiger partial charge is 0.573 e. The number of urea groups is 1. The molecule has 0 saturated heterocycles. The van der Waals surface area contributed by atoms with Gasteiger partial charge in [-0.05, 0) is 67.6 Å². The number of carbonyl (C=O) groups is 3. The van der Waals surface area contributed by atoms with Gasteiger partial charge in [0, 0.05) is 50.1 Å². The van der Waals surface area contributed by atoms with Crippen LogP contribution in [0.4, 0.5) is 23.7 Å². The number of alkyl halides is 3. The standard InChI is InChI=1S/C28H34F3N3O6/c1-27(2,39)20-7-11-22(12-8-20)34(26(38)33-21-9-13-23(14-10-21)40-28(29,30)31)17-18-3-5-19(6-4-18)25(37)32-16-15-24(35)36/h3-6,9-10,13-14,20,22,39H,7-8,11-12,15-17H2,1-2H3,(H,32,37)(H,33,38)(H,35,36)/p+1. The Morgan fingerprint density at radius 1 is 1.00 bits per heavy atom. The van der Waals surface area contributed by atoms with Crippen LogP contribution in [0.5, 0.6) is 5.75 Å². The van der Waals surface area contributed by atoms with E-state index in [4.69, 9.17) is 10.2 Å². The second kappa shape index (κ2) is 13.0. The van der Waals surface area contributed by atoms with E-state index < -0.39 is 35.6 Å². The molecular weight excluding hydrogens is 531 g/mol. The molecule has 0 aromatic heterocycles. The van der Waals surface area contributed by atoms with Crippen LogP contribution < -0.4 is 15.4 Å². The van der Waals surface area contributed by atoms with Gasteiger partial charge in [-0.2, -0.15) is 0 Å². The fourth-order valence-electron chi connectivity index (χ4n) is 4.75. The highest BCUT2D eigenvalue weighted by Gasteiger charge is 2.37. The van der Waals surface area contributed by atoms with E-state index in [1.54, 1.807) is 29.2 Å². The minimum Gasteiger partial charge on any atom is -0.481 e. The number of rotatable bonds is 10. The summed E-state index contributed by atoms with van der Waals surface area (Å²) < 4.78 is 41.3. The zero-order valence-corrected chi connectivity index (χ0v) is 22.4. The summed E-state index contributed by atoms with van der Waals surface area (Å²) in [6, 6.07) is 11.0. The number of amides is 3. The number of anilines is 1. The van der Waals surface area contributed by atoms with Gasteiger partial charge < -0.3 is 30.5 Å². The van der Waals surface area contributed by atoms with E-state index in [1.165, 1.54) is 12.1 Å². The number of hydrogen-bond donors (Lipinski definition) is 3. The Morgan fingerprint density at radius 3 is 2.12 bits per heavy atom. The molecule has 9 nitrogen and oxygen atoms in total. The third-order valence-electron chi connectivity index (χ3n) is 6.95. The maximum atomic E-state index is 13.4. The van der Waals surface area contributed by atoms with Crippen molar-refractivity contribution in [2.75, 3.05) is 11.9 Å². The number of benzene rings is 2. The number of carboxylic acids is 1. The fraction of sp³-hybridized carbons (Fsp3) is 0.464. The van der Waals surface area contributed by atoms with Crippen LogP contribution in [0.25, 0.3) is 0 Å². The molecule has 218 valence electrons. The van der Waals surface area contributed by atoms with Crippen LogP contribution in [0.2, 0.25) is 0 Å². The molecular formula is C28H35F3N3O6+. The highest BCUT2D eigenvalue weighted by molar-refractivity contribution is 5.94. The monoisotopic (exact) mass is 566 g/mol. The summed E-state index contributed by atoms with van der Waals surface area (Å²) in [7, 11) is 0. The molecule has 2 aromatic rings. The Labute approximate surface area is 230 Å². The Hall–Kier alpha value is -3.80. The molecule has 12 heteroatoms. The lowest BCUT2D eigenvalue weighted by Crippen LogP contribution is -2.46. The van der Waals surface area contributed by atoms with Gasteiger partial charge in [0.05, 0.1) is 6.42 Å². The molecule has 40 heavy (non-hydrogen) atoms. The Bertz CT molecular complexity index is 1160. The predicted octanol–water partition coefficient (Wildman–Crippen LogP) is 4.89. The molecule has 0 aliphatic heterocycles. The molecule has 0 heterocycles. The molecule has 0 unspecified atom stereocenters. The molecule has 1 fully saturated rings. The average Bonchev–Trinajstić information content (AvgIpc) is 2.87. The number of carbonyl (C=O) groups excluding carboxylic acids is 2. The molecule has 1 aliphatic rings. The Balaban J connectivity index is 1.72. The van der Waals surface area contributed by atoms with Gasteiger partial charge in [0.2, 0.25) is 0 Å². The lowest BCUT2D eigenvalue weighted by molar-refractivity contribution is -0.274. The van der Waals surface area contributed by atoms with Crippen molar-refractivity contribution < 1.29 is 42.5 Å². The summed E-state index contributed by atoms with van der Waals surface area (Å²) in [5, 5.41) is 22.4. The summed E-state index contributed by atoms with van der Waals surface area (Å²) in [6.07, 6.45) is -2.05. The summed E-state index contributed by atoms with van der Waals surface area (Å²) in [6.45, 7) is 3.99. The Kier molecular flexibility index (Phi) is 10.0. The maximum absolute atomic E-state index is 13.4. The topological polar surface area (TPSA) is 131 Å². The van der Waals surface area contributed by atoms with E-state index in [-0.39, 0.29) is 31.5 Å². The van der Waals surface area contributed by atoms with Crippen LogP contribution in [-0.4, -0.2) is 57.6 Å². The van der Waals surface area contributed by atoms with Gasteiger partial charge in [0.1, 0.15) is 5.75 Å². The van der Waals surface area contributed by atoms with Gasteiger partial charge in [-0.25, -0.2) is 4.79 Å². The molecule has 0 bridgehead atoms. The highest BCUT2D eigenvalue weighted by Crippen LogP contribution is 2.35. The van der Waals surface area contributed by atoms with Gasteiger partial charge in [-0.1, -0.05) is 12.1 Å². The minimum absolute atomic E-state index is 0.00494. The zero-order valence-electron chi connectivity index (χ0n) is 22.4. The number of nitrogens with one attached hydrogen (secondary N) is 2.